The van der Waals surface area contributed by atoms with Gasteiger partial charge in [-0.3, -0.25) is 0 Å². The van der Waals surface area contributed by atoms with E-state index in [1.165, 1.54) is 4.88 Å². The van der Waals surface area contributed by atoms with Crippen molar-refractivity contribution in [2.75, 3.05) is 36.8 Å². The molecule has 0 aliphatic rings. The van der Waals surface area contributed by atoms with Crippen molar-refractivity contribution in [3.8, 4) is 0 Å². The van der Waals surface area contributed by atoms with Gasteiger partial charge in [-0.25, -0.2) is 4.98 Å². The number of alkyl halides is 1. The largest absolute Gasteiger partial charge is 0.368 e. The molecule has 126 valence electrons. The van der Waals surface area contributed by atoms with Gasteiger partial charge in [0, 0.05) is 28.5 Å². The van der Waals surface area contributed by atoms with Crippen molar-refractivity contribution < 1.29 is 0 Å². The minimum Gasteiger partial charge on any atom is -0.368 e. The third-order valence-corrected chi connectivity index (χ3v) is 5.39. The fourth-order valence-electron chi connectivity index (χ4n) is 2.40. The molecule has 0 aliphatic carbocycles. The smallest absolute Gasteiger partial charge is 0.222 e. The number of hydrogen-bond acceptors (Lipinski definition) is 6. The van der Waals surface area contributed by atoms with Crippen LogP contribution in [0.1, 0.15) is 24.4 Å². The van der Waals surface area contributed by atoms with Crippen molar-refractivity contribution in [1.29, 1.82) is 0 Å². The summed E-state index contributed by atoms with van der Waals surface area (Å²) >= 11 is 4.08. The van der Waals surface area contributed by atoms with E-state index in [9.17, 15) is 0 Å². The van der Waals surface area contributed by atoms with Crippen LogP contribution in [0.3, 0.4) is 0 Å². The average Bonchev–Trinajstić information content (AvgIpc) is 3.07. The Morgan fingerprint density at radius 1 is 1.22 bits per heavy atom. The van der Waals surface area contributed by atoms with E-state index in [-0.39, 0.29) is 0 Å². The zero-order chi connectivity index (χ0) is 16.7. The molecule has 0 fully saturated rings. The summed E-state index contributed by atoms with van der Waals surface area (Å²) in [7, 11) is 0. The highest BCUT2D eigenvalue weighted by atomic mass is 127. The van der Waals surface area contributed by atoms with Gasteiger partial charge in [0.05, 0.1) is 12.2 Å². The molecule has 2 N–H and O–H groups in total. The van der Waals surface area contributed by atoms with Crippen molar-refractivity contribution in [2.24, 2.45) is 0 Å². The van der Waals surface area contributed by atoms with Gasteiger partial charge in [-0.2, -0.15) is 4.98 Å². The molecule has 0 radical (unpaired) electrons. The monoisotopic (exact) mass is 445 g/mol. The number of thiophene rings is 1. The lowest BCUT2D eigenvalue weighted by molar-refractivity contribution is 0.309. The Kier molecular flexibility index (Phi) is 7.51. The molecule has 0 amide bonds. The summed E-state index contributed by atoms with van der Waals surface area (Å²) in [5, 5.41) is 2.11. The van der Waals surface area contributed by atoms with Gasteiger partial charge in [-0.15, -0.1) is 11.3 Å². The molecule has 0 spiro atoms. The Hall–Kier alpha value is -0.930. The lowest BCUT2D eigenvalue weighted by Gasteiger charge is -2.27. The molecule has 7 heteroatoms. The second kappa shape index (κ2) is 9.39. The van der Waals surface area contributed by atoms with Crippen LogP contribution in [0.4, 0.5) is 11.8 Å². The molecule has 0 bridgehead atoms. The van der Waals surface area contributed by atoms with Crippen molar-refractivity contribution in [1.82, 2.24) is 14.9 Å². The highest BCUT2D eigenvalue weighted by Crippen LogP contribution is 2.20. The van der Waals surface area contributed by atoms with Gasteiger partial charge < -0.3 is 15.5 Å². The zero-order valence-corrected chi connectivity index (χ0v) is 16.7. The van der Waals surface area contributed by atoms with Crippen LogP contribution >= 0.6 is 33.9 Å². The van der Waals surface area contributed by atoms with Gasteiger partial charge in [0.15, 0.2) is 0 Å². The van der Waals surface area contributed by atoms with Crippen molar-refractivity contribution >= 4 is 45.7 Å². The molecular formula is C16H24IN5S. The van der Waals surface area contributed by atoms with Crippen LogP contribution < -0.4 is 10.6 Å². The Labute approximate surface area is 156 Å². The summed E-state index contributed by atoms with van der Waals surface area (Å²) in [6.45, 7) is 9.32. The standard InChI is InChI=1S/C16H24IN5S/c1-3-21(4-2)7-8-22(12-14-6-5-9-23-14)15-10-13(11-17)19-16(18)20-15/h5-6,9-10H,3-4,7-8,11-12H2,1-2H3,(H2,18,19,20). The van der Waals surface area contributed by atoms with E-state index >= 15 is 0 Å². The lowest BCUT2D eigenvalue weighted by Crippen LogP contribution is -2.35. The number of anilines is 2. The predicted octanol–water partition coefficient (Wildman–Crippen LogP) is 3.40. The van der Waals surface area contributed by atoms with Crippen LogP contribution in [0, 0.1) is 0 Å². The average molecular weight is 445 g/mol. The van der Waals surface area contributed by atoms with Crippen LogP contribution in [0.2, 0.25) is 0 Å². The molecule has 0 saturated carbocycles. The maximum absolute atomic E-state index is 5.89. The summed E-state index contributed by atoms with van der Waals surface area (Å²) in [5.41, 5.74) is 6.87. The number of nitrogens with zero attached hydrogens (tertiary/aromatic N) is 4. The van der Waals surface area contributed by atoms with Crippen molar-refractivity contribution in [3.63, 3.8) is 0 Å². The molecule has 0 aliphatic heterocycles. The number of aromatic nitrogens is 2. The fraction of sp³-hybridized carbons (Fsp3) is 0.500. The number of hydrogen-bond donors (Lipinski definition) is 1. The summed E-state index contributed by atoms with van der Waals surface area (Å²) in [6, 6.07) is 6.31. The molecule has 0 unspecified atom stereocenters. The quantitative estimate of drug-likeness (QED) is 0.474. The molecular weight excluding hydrogens is 421 g/mol. The molecule has 5 nitrogen and oxygen atoms in total. The van der Waals surface area contributed by atoms with Gasteiger partial charge in [0.1, 0.15) is 5.82 Å². The Morgan fingerprint density at radius 3 is 2.61 bits per heavy atom. The Bertz CT molecular complexity index is 586. The van der Waals surface area contributed by atoms with Crippen LogP contribution in [-0.2, 0) is 11.0 Å². The van der Waals surface area contributed by atoms with Crippen LogP contribution in [0.5, 0.6) is 0 Å². The molecule has 0 saturated heterocycles. The van der Waals surface area contributed by atoms with E-state index in [1.807, 2.05) is 0 Å². The number of nitrogen functional groups attached to an aromatic ring is 1. The highest BCUT2D eigenvalue weighted by Gasteiger charge is 2.13. The SMILES string of the molecule is CCN(CC)CCN(Cc1cccs1)c1cc(CI)nc(N)n1. The number of halogens is 1. The van der Waals surface area contributed by atoms with Gasteiger partial charge >= 0.3 is 0 Å². The van der Waals surface area contributed by atoms with E-state index < -0.39 is 0 Å². The molecule has 2 aromatic heterocycles. The summed E-state index contributed by atoms with van der Waals surface area (Å²) in [4.78, 5) is 14.8. The lowest BCUT2D eigenvalue weighted by atomic mass is 10.3. The van der Waals surface area contributed by atoms with E-state index in [1.54, 1.807) is 11.3 Å². The normalized spacial score (nSPS) is 11.1. The van der Waals surface area contributed by atoms with Crippen LogP contribution in [-0.4, -0.2) is 41.0 Å². The van der Waals surface area contributed by atoms with Gasteiger partial charge in [-0.05, 0) is 24.5 Å². The fourth-order valence-corrected chi connectivity index (χ4v) is 3.51. The van der Waals surface area contributed by atoms with E-state index in [2.05, 4.69) is 79.8 Å². The van der Waals surface area contributed by atoms with Crippen molar-refractivity contribution in [3.05, 3.63) is 34.2 Å². The summed E-state index contributed by atoms with van der Waals surface area (Å²) in [5.74, 6) is 1.28. The third kappa shape index (κ3) is 5.58. The van der Waals surface area contributed by atoms with E-state index in [0.29, 0.717) is 5.95 Å². The third-order valence-electron chi connectivity index (χ3n) is 3.75. The minimum atomic E-state index is 0.355. The highest BCUT2D eigenvalue weighted by molar-refractivity contribution is 14.1. The van der Waals surface area contributed by atoms with E-state index in [0.717, 1.165) is 48.7 Å². The number of likely N-dealkylation sites (N-methyl/N-ethyl adjacent to an activating group) is 1. The first-order chi connectivity index (χ1) is 11.2. The second-order valence-corrected chi connectivity index (χ2v) is 7.03. The van der Waals surface area contributed by atoms with Crippen molar-refractivity contribution in [2.45, 2.75) is 24.8 Å². The van der Waals surface area contributed by atoms with Gasteiger partial charge in [0.25, 0.3) is 0 Å². The molecule has 2 rings (SSSR count). The molecule has 23 heavy (non-hydrogen) atoms. The number of rotatable bonds is 9. The van der Waals surface area contributed by atoms with E-state index in [4.69, 9.17) is 5.73 Å². The Morgan fingerprint density at radius 2 is 2.00 bits per heavy atom. The minimum absolute atomic E-state index is 0.355. The number of nitrogens with two attached hydrogens (primary N) is 1. The maximum atomic E-state index is 5.89. The molecule has 2 aromatic rings. The first kappa shape index (κ1) is 18.4. The maximum Gasteiger partial charge on any atom is 0.222 e. The Balaban J connectivity index is 2.19. The first-order valence-electron chi connectivity index (χ1n) is 7.85. The predicted molar refractivity (Wildman–Crippen MR) is 107 cm³/mol. The molecule has 0 atom stereocenters. The molecule has 2 heterocycles. The van der Waals surface area contributed by atoms with Gasteiger partial charge in [-0.1, -0.05) is 42.5 Å². The first-order valence-corrected chi connectivity index (χ1v) is 10.3. The van der Waals surface area contributed by atoms with Crippen LogP contribution in [0.15, 0.2) is 23.6 Å². The summed E-state index contributed by atoms with van der Waals surface area (Å²) in [6.07, 6.45) is 0. The topological polar surface area (TPSA) is 58.3 Å². The second-order valence-electron chi connectivity index (χ2n) is 5.24. The van der Waals surface area contributed by atoms with Gasteiger partial charge in [0.2, 0.25) is 5.95 Å². The molecule has 0 aromatic carbocycles. The zero-order valence-electron chi connectivity index (χ0n) is 13.7. The van der Waals surface area contributed by atoms with Crippen LogP contribution in [0.25, 0.3) is 0 Å². The summed E-state index contributed by atoms with van der Waals surface area (Å²) < 4.78 is 0.834.